The van der Waals surface area contributed by atoms with Crippen LogP contribution in [0.4, 0.5) is 0 Å². The lowest BCUT2D eigenvalue weighted by atomic mass is 9.45. The van der Waals surface area contributed by atoms with Gasteiger partial charge in [0.2, 0.25) is 0 Å². The van der Waals surface area contributed by atoms with Crippen LogP contribution >= 0.6 is 0 Å². The maximum absolute atomic E-state index is 10.5. The quantitative estimate of drug-likeness (QED) is 0.626. The van der Waals surface area contributed by atoms with Gasteiger partial charge in [-0.2, -0.15) is 0 Å². The highest BCUT2D eigenvalue weighted by molar-refractivity contribution is 5.15. The minimum atomic E-state index is -0.0255. The molecular formula is C20H32O. The van der Waals surface area contributed by atoms with Crippen molar-refractivity contribution in [1.82, 2.24) is 0 Å². The van der Waals surface area contributed by atoms with Crippen LogP contribution in [0.15, 0.2) is 11.6 Å². The van der Waals surface area contributed by atoms with Gasteiger partial charge in [-0.15, -0.1) is 0 Å². The second-order valence-electron chi connectivity index (χ2n) is 9.25. The van der Waals surface area contributed by atoms with Crippen LogP contribution in [-0.4, -0.2) is 11.2 Å². The molecule has 0 aromatic heterocycles. The Labute approximate surface area is 130 Å². The summed E-state index contributed by atoms with van der Waals surface area (Å²) in [4.78, 5) is 0. The zero-order valence-electron chi connectivity index (χ0n) is 14.1. The van der Waals surface area contributed by atoms with Gasteiger partial charge in [0.1, 0.15) is 0 Å². The fraction of sp³-hybridized carbons (Fsp3) is 0.900. The molecule has 4 rings (SSSR count). The molecule has 0 bridgehead atoms. The minimum Gasteiger partial charge on any atom is -0.393 e. The van der Waals surface area contributed by atoms with Crippen LogP contribution in [0, 0.1) is 34.5 Å². The number of aliphatic hydroxyl groups is 1. The largest absolute Gasteiger partial charge is 0.393 e. The van der Waals surface area contributed by atoms with Crippen LogP contribution < -0.4 is 0 Å². The number of aliphatic hydroxyl groups excluding tert-OH is 1. The molecule has 0 radical (unpaired) electrons. The van der Waals surface area contributed by atoms with Gasteiger partial charge in [0.15, 0.2) is 0 Å². The molecule has 0 spiro atoms. The van der Waals surface area contributed by atoms with E-state index in [-0.39, 0.29) is 11.5 Å². The van der Waals surface area contributed by atoms with Crippen molar-refractivity contribution in [2.24, 2.45) is 34.5 Å². The van der Waals surface area contributed by atoms with Gasteiger partial charge in [-0.3, -0.25) is 0 Å². The molecule has 1 nitrogen and oxygen atoms in total. The molecule has 3 fully saturated rings. The predicted molar refractivity (Wildman–Crippen MR) is 86.9 cm³/mol. The Balaban J connectivity index is 1.65. The summed E-state index contributed by atoms with van der Waals surface area (Å²) in [5.74, 6) is 3.55. The first-order valence-corrected chi connectivity index (χ1v) is 9.29. The van der Waals surface area contributed by atoms with Crippen molar-refractivity contribution in [3.63, 3.8) is 0 Å². The van der Waals surface area contributed by atoms with Gasteiger partial charge in [0.05, 0.1) is 6.10 Å². The average molecular weight is 288 g/mol. The van der Waals surface area contributed by atoms with Gasteiger partial charge in [-0.1, -0.05) is 25.5 Å². The zero-order valence-corrected chi connectivity index (χ0v) is 14.1. The van der Waals surface area contributed by atoms with E-state index in [9.17, 15) is 5.11 Å². The second-order valence-corrected chi connectivity index (χ2v) is 9.25. The molecule has 3 saturated carbocycles. The van der Waals surface area contributed by atoms with E-state index in [0.717, 1.165) is 30.1 Å². The molecular weight excluding hydrogens is 256 g/mol. The molecule has 4 aliphatic rings. The highest BCUT2D eigenvalue weighted by Gasteiger charge is 2.59. The van der Waals surface area contributed by atoms with Gasteiger partial charge in [-0.05, 0) is 92.8 Å². The average Bonchev–Trinajstić information content (AvgIpc) is 2.76. The number of rotatable bonds is 0. The zero-order chi connectivity index (χ0) is 14.8. The third kappa shape index (κ3) is 1.85. The van der Waals surface area contributed by atoms with Gasteiger partial charge in [0.25, 0.3) is 0 Å². The summed E-state index contributed by atoms with van der Waals surface area (Å²) in [6, 6.07) is 0. The highest BCUT2D eigenvalue weighted by Crippen LogP contribution is 2.65. The van der Waals surface area contributed by atoms with E-state index in [4.69, 9.17) is 0 Å². The SMILES string of the molecule is CC1=CC[C@@]2(C)[C@@H](CC[C@@H]3[C@@H]2CC[C@]2(C)[C@H](O)CC[C@@H]32)C1. The molecule has 4 aliphatic carbocycles. The number of hydrogen-bond donors (Lipinski definition) is 1. The first-order valence-electron chi connectivity index (χ1n) is 9.29. The topological polar surface area (TPSA) is 20.2 Å². The normalized spacial score (nSPS) is 56.2. The van der Waals surface area contributed by atoms with Crippen molar-refractivity contribution >= 4 is 0 Å². The summed E-state index contributed by atoms with van der Waals surface area (Å²) in [6.07, 6.45) is 13.0. The standard InChI is InChI=1S/C20H32O/c1-13-8-10-19(2)14(12-13)4-5-15-16-6-7-18(21)20(16,3)11-9-17(15)19/h8,14-18,21H,4-7,9-12H2,1-3H3/t14-,15-,16-,17-,18+,19-,20-/m0/s1. The van der Waals surface area contributed by atoms with E-state index < -0.39 is 0 Å². The van der Waals surface area contributed by atoms with Crippen LogP contribution in [0.1, 0.15) is 72.1 Å². The fourth-order valence-electron chi connectivity index (χ4n) is 7.03. The van der Waals surface area contributed by atoms with Crippen molar-refractivity contribution in [3.8, 4) is 0 Å². The summed E-state index contributed by atoms with van der Waals surface area (Å²) in [5, 5.41) is 10.5. The van der Waals surface area contributed by atoms with Crippen LogP contribution in [0.2, 0.25) is 0 Å². The summed E-state index contributed by atoms with van der Waals surface area (Å²) in [7, 11) is 0. The van der Waals surface area contributed by atoms with E-state index in [1.54, 1.807) is 5.57 Å². The molecule has 0 amide bonds. The maximum atomic E-state index is 10.5. The van der Waals surface area contributed by atoms with Crippen molar-refractivity contribution in [2.75, 3.05) is 0 Å². The lowest BCUT2D eigenvalue weighted by molar-refractivity contribution is -0.109. The molecule has 0 unspecified atom stereocenters. The van der Waals surface area contributed by atoms with Crippen molar-refractivity contribution in [1.29, 1.82) is 0 Å². The summed E-state index contributed by atoms with van der Waals surface area (Å²) in [6.45, 7) is 7.33. The second kappa shape index (κ2) is 4.60. The lowest BCUT2D eigenvalue weighted by Crippen LogP contribution is -2.53. The van der Waals surface area contributed by atoms with Crippen molar-refractivity contribution < 1.29 is 5.11 Å². The maximum Gasteiger partial charge on any atom is 0.0596 e. The van der Waals surface area contributed by atoms with Crippen LogP contribution in [0.3, 0.4) is 0 Å². The Morgan fingerprint density at radius 1 is 1.00 bits per heavy atom. The molecule has 0 saturated heterocycles. The molecule has 0 aliphatic heterocycles. The third-order valence-electron chi connectivity index (χ3n) is 8.47. The Bertz CT molecular complexity index is 466. The molecule has 1 N–H and O–H groups in total. The van der Waals surface area contributed by atoms with Gasteiger partial charge >= 0.3 is 0 Å². The Hall–Kier alpha value is -0.300. The summed E-state index contributed by atoms with van der Waals surface area (Å²) < 4.78 is 0. The molecule has 0 aromatic carbocycles. The monoisotopic (exact) mass is 288 g/mol. The molecule has 7 atom stereocenters. The van der Waals surface area contributed by atoms with Gasteiger partial charge in [0, 0.05) is 0 Å². The highest BCUT2D eigenvalue weighted by atomic mass is 16.3. The summed E-state index contributed by atoms with van der Waals surface area (Å²) >= 11 is 0. The predicted octanol–water partition coefficient (Wildman–Crippen LogP) is 4.95. The molecule has 21 heavy (non-hydrogen) atoms. The molecule has 0 aromatic rings. The van der Waals surface area contributed by atoms with E-state index in [2.05, 4.69) is 26.8 Å². The third-order valence-corrected chi connectivity index (χ3v) is 8.47. The van der Waals surface area contributed by atoms with E-state index in [1.165, 1.54) is 44.9 Å². The van der Waals surface area contributed by atoms with E-state index >= 15 is 0 Å². The molecule has 118 valence electrons. The molecule has 0 heterocycles. The Kier molecular flexibility index (Phi) is 3.13. The van der Waals surface area contributed by atoms with E-state index in [1.807, 2.05) is 0 Å². The minimum absolute atomic E-state index is 0.0255. The van der Waals surface area contributed by atoms with Gasteiger partial charge in [-0.25, -0.2) is 0 Å². The summed E-state index contributed by atoms with van der Waals surface area (Å²) in [5.41, 5.74) is 2.43. The van der Waals surface area contributed by atoms with E-state index in [0.29, 0.717) is 5.41 Å². The van der Waals surface area contributed by atoms with Crippen LogP contribution in [0.5, 0.6) is 0 Å². The smallest absolute Gasteiger partial charge is 0.0596 e. The Morgan fingerprint density at radius 3 is 2.57 bits per heavy atom. The number of allylic oxidation sites excluding steroid dienone is 2. The first kappa shape index (κ1) is 14.3. The fourth-order valence-corrected chi connectivity index (χ4v) is 7.03. The number of fused-ring (bicyclic) bond motifs is 5. The Morgan fingerprint density at radius 2 is 1.76 bits per heavy atom. The van der Waals surface area contributed by atoms with Crippen LogP contribution in [-0.2, 0) is 0 Å². The van der Waals surface area contributed by atoms with Crippen molar-refractivity contribution in [2.45, 2.75) is 78.2 Å². The van der Waals surface area contributed by atoms with Crippen LogP contribution in [0.25, 0.3) is 0 Å². The van der Waals surface area contributed by atoms with Crippen molar-refractivity contribution in [3.05, 3.63) is 11.6 Å². The van der Waals surface area contributed by atoms with Gasteiger partial charge < -0.3 is 5.11 Å². The first-order chi connectivity index (χ1) is 9.95. The molecule has 1 heteroatoms. The number of hydrogen-bond acceptors (Lipinski definition) is 1. The lowest BCUT2D eigenvalue weighted by Gasteiger charge is -2.59.